The number of allylic oxidation sites excluding steroid dienone is 4. The van der Waals surface area contributed by atoms with Crippen molar-refractivity contribution in [3.05, 3.63) is 35.0 Å². The molecule has 1 fully saturated rings. The molecule has 0 aromatic rings. The van der Waals surface area contributed by atoms with Crippen molar-refractivity contribution in [3.63, 3.8) is 0 Å². The van der Waals surface area contributed by atoms with E-state index in [1.165, 1.54) is 30.5 Å². The highest BCUT2D eigenvalue weighted by molar-refractivity contribution is 7.84. The standard InChI is InChI=1S/C11H15NS/c1-8-6-10(13)12-9(2)7-11(8)4-3-5-11/h6-7,12-13H,1,3-5H2,2H3. The molecule has 1 nitrogen and oxygen atoms in total. The van der Waals surface area contributed by atoms with E-state index in [0.717, 1.165) is 5.03 Å². The first-order valence-corrected chi connectivity index (χ1v) is 5.14. The van der Waals surface area contributed by atoms with Gasteiger partial charge in [-0.3, -0.25) is 0 Å². The lowest BCUT2D eigenvalue weighted by Crippen LogP contribution is -2.28. The average Bonchev–Trinajstić information content (AvgIpc) is 2.05. The van der Waals surface area contributed by atoms with Gasteiger partial charge in [-0.2, -0.15) is 0 Å². The van der Waals surface area contributed by atoms with Gasteiger partial charge in [-0.15, -0.1) is 12.6 Å². The Balaban J connectivity index is 2.38. The maximum absolute atomic E-state index is 4.34. The number of hydrogen-bond acceptors (Lipinski definition) is 2. The van der Waals surface area contributed by atoms with Crippen LogP contribution in [0.3, 0.4) is 0 Å². The van der Waals surface area contributed by atoms with Crippen molar-refractivity contribution < 1.29 is 0 Å². The Morgan fingerprint density at radius 3 is 2.77 bits per heavy atom. The third-order valence-electron chi connectivity index (χ3n) is 3.01. The van der Waals surface area contributed by atoms with E-state index in [1.807, 2.05) is 0 Å². The van der Waals surface area contributed by atoms with Crippen LogP contribution in [0.1, 0.15) is 26.2 Å². The van der Waals surface area contributed by atoms with Gasteiger partial charge in [-0.25, -0.2) is 0 Å². The summed E-state index contributed by atoms with van der Waals surface area (Å²) < 4.78 is 0. The first-order chi connectivity index (χ1) is 6.12. The molecule has 0 aromatic carbocycles. The van der Waals surface area contributed by atoms with Crippen LogP contribution in [0.15, 0.2) is 35.0 Å². The lowest BCUT2D eigenvalue weighted by molar-refractivity contribution is 0.263. The first kappa shape index (κ1) is 8.95. The second-order valence-corrected chi connectivity index (χ2v) is 4.50. The van der Waals surface area contributed by atoms with E-state index in [0.29, 0.717) is 0 Å². The normalized spacial score (nSPS) is 25.5. The van der Waals surface area contributed by atoms with Crippen molar-refractivity contribution in [1.29, 1.82) is 0 Å². The van der Waals surface area contributed by atoms with Gasteiger partial charge < -0.3 is 5.32 Å². The molecule has 13 heavy (non-hydrogen) atoms. The fourth-order valence-electron chi connectivity index (χ4n) is 2.11. The molecule has 0 unspecified atom stereocenters. The smallest absolute Gasteiger partial charge is 0.0694 e. The molecule has 1 saturated carbocycles. The van der Waals surface area contributed by atoms with Crippen LogP contribution in [0.4, 0.5) is 0 Å². The highest BCUT2D eigenvalue weighted by Gasteiger charge is 2.37. The topological polar surface area (TPSA) is 12.0 Å². The summed E-state index contributed by atoms with van der Waals surface area (Å²) in [4.78, 5) is 0. The lowest BCUT2D eigenvalue weighted by atomic mass is 9.64. The fourth-order valence-corrected chi connectivity index (χ4v) is 2.45. The minimum atomic E-state index is 0.252. The molecule has 1 aliphatic heterocycles. The van der Waals surface area contributed by atoms with Crippen LogP contribution in [0.25, 0.3) is 0 Å². The van der Waals surface area contributed by atoms with Gasteiger partial charge in [-0.05, 0) is 31.4 Å². The Labute approximate surface area is 85.0 Å². The molecular formula is C11H15NS. The van der Waals surface area contributed by atoms with Gasteiger partial charge in [0.1, 0.15) is 0 Å². The van der Waals surface area contributed by atoms with Crippen LogP contribution in [-0.2, 0) is 0 Å². The maximum atomic E-state index is 4.34. The number of hydrogen-bond donors (Lipinski definition) is 2. The Hall–Kier alpha value is -0.630. The van der Waals surface area contributed by atoms with E-state index in [9.17, 15) is 0 Å². The minimum Gasteiger partial charge on any atom is -0.354 e. The van der Waals surface area contributed by atoms with E-state index in [2.05, 4.69) is 43.6 Å². The SMILES string of the molecule is C=C1C=C(S)NC(C)=CC12CCC2. The number of thiol groups is 1. The van der Waals surface area contributed by atoms with Gasteiger partial charge in [-0.1, -0.05) is 19.1 Å². The van der Waals surface area contributed by atoms with Crippen LogP contribution in [0.2, 0.25) is 0 Å². The van der Waals surface area contributed by atoms with E-state index >= 15 is 0 Å². The summed E-state index contributed by atoms with van der Waals surface area (Å²) in [6, 6.07) is 0. The minimum absolute atomic E-state index is 0.252. The first-order valence-electron chi connectivity index (χ1n) is 4.69. The average molecular weight is 193 g/mol. The van der Waals surface area contributed by atoms with Crippen molar-refractivity contribution in [2.75, 3.05) is 0 Å². The molecule has 1 N–H and O–H groups in total. The Morgan fingerprint density at radius 2 is 2.23 bits per heavy atom. The molecule has 0 radical (unpaired) electrons. The highest BCUT2D eigenvalue weighted by Crippen LogP contribution is 2.49. The number of rotatable bonds is 0. The molecule has 70 valence electrons. The summed E-state index contributed by atoms with van der Waals surface area (Å²) in [6.07, 6.45) is 8.15. The highest BCUT2D eigenvalue weighted by atomic mass is 32.1. The zero-order valence-corrected chi connectivity index (χ0v) is 8.82. The molecule has 2 aliphatic rings. The molecule has 0 saturated heterocycles. The predicted molar refractivity (Wildman–Crippen MR) is 59.4 cm³/mol. The van der Waals surface area contributed by atoms with Crippen LogP contribution >= 0.6 is 12.6 Å². The summed E-state index contributed by atoms with van der Waals surface area (Å²) in [6.45, 7) is 6.21. The predicted octanol–water partition coefficient (Wildman–Crippen LogP) is 2.99. The van der Waals surface area contributed by atoms with E-state index in [4.69, 9.17) is 0 Å². The van der Waals surface area contributed by atoms with Crippen LogP contribution in [0.5, 0.6) is 0 Å². The lowest BCUT2D eigenvalue weighted by Gasteiger charge is -2.40. The molecule has 0 aromatic heterocycles. The van der Waals surface area contributed by atoms with Crippen LogP contribution in [-0.4, -0.2) is 0 Å². The Kier molecular flexibility index (Phi) is 2.03. The summed E-state index contributed by atoms with van der Waals surface area (Å²) in [7, 11) is 0. The molecule has 1 heterocycles. The van der Waals surface area contributed by atoms with Gasteiger partial charge in [0, 0.05) is 11.1 Å². The van der Waals surface area contributed by atoms with Gasteiger partial charge in [0.2, 0.25) is 0 Å². The second kappa shape index (κ2) is 2.95. The Morgan fingerprint density at radius 1 is 1.54 bits per heavy atom. The molecule has 2 rings (SSSR count). The third kappa shape index (κ3) is 1.44. The Bertz CT molecular complexity index is 308. The number of nitrogens with one attached hydrogen (secondary N) is 1. The zero-order valence-electron chi connectivity index (χ0n) is 7.93. The monoisotopic (exact) mass is 193 g/mol. The largest absolute Gasteiger partial charge is 0.354 e. The molecular weight excluding hydrogens is 178 g/mol. The van der Waals surface area contributed by atoms with Crippen molar-refractivity contribution >= 4 is 12.6 Å². The van der Waals surface area contributed by atoms with E-state index in [-0.39, 0.29) is 5.41 Å². The van der Waals surface area contributed by atoms with Gasteiger partial charge >= 0.3 is 0 Å². The molecule has 1 spiro atoms. The van der Waals surface area contributed by atoms with Gasteiger partial charge in [0.25, 0.3) is 0 Å². The molecule has 0 amide bonds. The molecule has 0 atom stereocenters. The van der Waals surface area contributed by atoms with Crippen LogP contribution < -0.4 is 5.32 Å². The fraction of sp³-hybridized carbons (Fsp3) is 0.455. The molecule has 0 bridgehead atoms. The third-order valence-corrected chi connectivity index (χ3v) is 3.26. The molecule has 1 aliphatic carbocycles. The summed E-state index contributed by atoms with van der Waals surface area (Å²) in [5, 5.41) is 4.13. The molecule has 2 heteroatoms. The van der Waals surface area contributed by atoms with Crippen molar-refractivity contribution in [1.82, 2.24) is 5.32 Å². The van der Waals surface area contributed by atoms with Gasteiger partial charge in [0.05, 0.1) is 5.03 Å². The zero-order chi connectivity index (χ0) is 9.47. The van der Waals surface area contributed by atoms with E-state index in [1.54, 1.807) is 0 Å². The van der Waals surface area contributed by atoms with Crippen molar-refractivity contribution in [2.45, 2.75) is 26.2 Å². The van der Waals surface area contributed by atoms with Crippen molar-refractivity contribution in [2.24, 2.45) is 5.41 Å². The van der Waals surface area contributed by atoms with Crippen molar-refractivity contribution in [3.8, 4) is 0 Å². The summed E-state index contributed by atoms with van der Waals surface area (Å²) >= 11 is 4.34. The second-order valence-electron chi connectivity index (χ2n) is 4.02. The van der Waals surface area contributed by atoms with E-state index < -0.39 is 0 Å². The summed E-state index contributed by atoms with van der Waals surface area (Å²) in [5.41, 5.74) is 2.65. The van der Waals surface area contributed by atoms with Crippen LogP contribution in [0, 0.1) is 5.41 Å². The summed E-state index contributed by atoms with van der Waals surface area (Å²) in [5.74, 6) is 0. The van der Waals surface area contributed by atoms with Gasteiger partial charge in [0.15, 0.2) is 0 Å². The maximum Gasteiger partial charge on any atom is 0.0694 e. The quantitative estimate of drug-likeness (QED) is 0.564.